The summed E-state index contributed by atoms with van der Waals surface area (Å²) in [5.41, 5.74) is 2.63. The summed E-state index contributed by atoms with van der Waals surface area (Å²) in [7, 11) is 1.73. The molecule has 0 unspecified atom stereocenters. The predicted molar refractivity (Wildman–Crippen MR) is 83.8 cm³/mol. The van der Waals surface area contributed by atoms with E-state index in [2.05, 4.69) is 51.3 Å². The number of nitrogens with zero attached hydrogens (tertiary/aromatic N) is 1. The van der Waals surface area contributed by atoms with E-state index in [1.807, 2.05) is 0 Å². The fraction of sp³-hybridized carbons (Fsp3) is 0.600. The van der Waals surface area contributed by atoms with Crippen molar-refractivity contribution in [1.82, 2.24) is 5.32 Å². The first-order chi connectivity index (χ1) is 9.26. The van der Waals surface area contributed by atoms with Crippen LogP contribution in [0.2, 0.25) is 0 Å². The summed E-state index contributed by atoms with van der Waals surface area (Å²) >= 11 is 3.69. The van der Waals surface area contributed by atoms with Gasteiger partial charge in [0, 0.05) is 42.9 Å². The van der Waals surface area contributed by atoms with Crippen molar-refractivity contribution < 1.29 is 4.74 Å². The molecule has 1 aromatic rings. The van der Waals surface area contributed by atoms with Crippen LogP contribution in [0.25, 0.3) is 0 Å². The molecule has 0 spiro atoms. The number of rotatable bonds is 8. The van der Waals surface area contributed by atoms with E-state index in [-0.39, 0.29) is 0 Å². The van der Waals surface area contributed by atoms with Crippen LogP contribution >= 0.6 is 15.9 Å². The Morgan fingerprint density at radius 3 is 2.79 bits per heavy atom. The highest BCUT2D eigenvalue weighted by molar-refractivity contribution is 9.10. The highest BCUT2D eigenvalue weighted by Gasteiger charge is 2.28. The topological polar surface area (TPSA) is 24.5 Å². The number of hydrogen-bond acceptors (Lipinski definition) is 3. The molecule has 2 rings (SSSR count). The lowest BCUT2D eigenvalue weighted by Gasteiger charge is -2.23. The van der Waals surface area contributed by atoms with Crippen LogP contribution in [0.3, 0.4) is 0 Å². The zero-order chi connectivity index (χ0) is 13.7. The monoisotopic (exact) mass is 326 g/mol. The molecular formula is C15H23BrN2O. The van der Waals surface area contributed by atoms with Crippen LogP contribution in [0.1, 0.15) is 25.3 Å². The van der Waals surface area contributed by atoms with Gasteiger partial charge in [0.05, 0.1) is 6.61 Å². The Labute approximate surface area is 124 Å². The quantitative estimate of drug-likeness (QED) is 0.742. The molecule has 1 aromatic carbocycles. The van der Waals surface area contributed by atoms with E-state index in [0.717, 1.165) is 32.3 Å². The van der Waals surface area contributed by atoms with Crippen molar-refractivity contribution >= 4 is 21.6 Å². The van der Waals surface area contributed by atoms with Gasteiger partial charge in [0.1, 0.15) is 0 Å². The summed E-state index contributed by atoms with van der Waals surface area (Å²) < 4.78 is 6.22. The zero-order valence-electron chi connectivity index (χ0n) is 11.8. The maximum Gasteiger partial charge on any atom is 0.0587 e. The van der Waals surface area contributed by atoms with Crippen LogP contribution in [-0.2, 0) is 11.3 Å². The van der Waals surface area contributed by atoms with Gasteiger partial charge in [0.25, 0.3) is 0 Å². The van der Waals surface area contributed by atoms with Gasteiger partial charge >= 0.3 is 0 Å². The van der Waals surface area contributed by atoms with Crippen LogP contribution in [0, 0.1) is 0 Å². The average Bonchev–Trinajstić information content (AvgIpc) is 3.22. The second-order valence-corrected chi connectivity index (χ2v) is 5.82. The van der Waals surface area contributed by atoms with E-state index in [1.165, 1.54) is 28.6 Å². The first-order valence-corrected chi connectivity index (χ1v) is 7.80. The molecule has 1 N–H and O–H groups in total. The number of halogens is 1. The molecule has 1 fully saturated rings. The van der Waals surface area contributed by atoms with Crippen LogP contribution in [0.15, 0.2) is 22.7 Å². The lowest BCUT2D eigenvalue weighted by Crippen LogP contribution is -2.25. The Kier molecular flexibility index (Phi) is 5.67. The Morgan fingerprint density at radius 2 is 2.21 bits per heavy atom. The molecular weight excluding hydrogens is 304 g/mol. The number of hydrogen-bond donors (Lipinski definition) is 1. The lowest BCUT2D eigenvalue weighted by atomic mass is 10.2. The molecule has 3 nitrogen and oxygen atoms in total. The number of ether oxygens (including phenoxy) is 1. The number of benzene rings is 1. The second kappa shape index (κ2) is 7.27. The summed E-state index contributed by atoms with van der Waals surface area (Å²) in [6.07, 6.45) is 2.68. The van der Waals surface area contributed by atoms with Crippen LogP contribution in [0.5, 0.6) is 0 Å². The summed E-state index contributed by atoms with van der Waals surface area (Å²) in [4.78, 5) is 2.49. The molecule has 0 aliphatic heterocycles. The molecule has 106 valence electrons. The predicted octanol–water partition coefficient (Wildman–Crippen LogP) is 3.17. The van der Waals surface area contributed by atoms with E-state index >= 15 is 0 Å². The summed E-state index contributed by atoms with van der Waals surface area (Å²) in [5, 5.41) is 3.37. The van der Waals surface area contributed by atoms with Crippen molar-refractivity contribution in [2.45, 2.75) is 32.4 Å². The third-order valence-corrected chi connectivity index (χ3v) is 4.23. The third-order valence-electron chi connectivity index (χ3n) is 3.50. The molecule has 1 aliphatic rings. The van der Waals surface area contributed by atoms with E-state index in [0.29, 0.717) is 0 Å². The maximum absolute atomic E-state index is 5.03. The minimum absolute atomic E-state index is 0.751. The van der Waals surface area contributed by atoms with E-state index in [1.54, 1.807) is 7.11 Å². The van der Waals surface area contributed by atoms with E-state index < -0.39 is 0 Å². The summed E-state index contributed by atoms with van der Waals surface area (Å²) in [6.45, 7) is 5.82. The number of anilines is 1. The van der Waals surface area contributed by atoms with Gasteiger partial charge in [-0.1, -0.05) is 22.0 Å². The highest BCUT2D eigenvalue weighted by Crippen LogP contribution is 2.33. The molecule has 0 amide bonds. The standard InChI is InChI=1S/C15H23BrN2O/c1-3-18(13-6-7-13)14-5-4-12(15(16)10-14)11-17-8-9-19-2/h4-5,10,13,17H,3,6-9,11H2,1-2H3. The summed E-state index contributed by atoms with van der Waals surface area (Å²) in [5.74, 6) is 0. The molecule has 0 atom stereocenters. The fourth-order valence-corrected chi connectivity index (χ4v) is 2.80. The van der Waals surface area contributed by atoms with Gasteiger partial charge in [0.2, 0.25) is 0 Å². The van der Waals surface area contributed by atoms with Crippen LogP contribution < -0.4 is 10.2 Å². The molecule has 19 heavy (non-hydrogen) atoms. The van der Waals surface area contributed by atoms with Gasteiger partial charge < -0.3 is 15.0 Å². The lowest BCUT2D eigenvalue weighted by molar-refractivity contribution is 0.199. The Hall–Kier alpha value is -0.580. The Bertz CT molecular complexity index is 407. The molecule has 1 aliphatic carbocycles. The maximum atomic E-state index is 5.03. The van der Waals surface area contributed by atoms with Crippen molar-refractivity contribution in [3.05, 3.63) is 28.2 Å². The van der Waals surface area contributed by atoms with Crippen molar-refractivity contribution in [1.29, 1.82) is 0 Å². The Balaban J connectivity index is 1.96. The molecule has 0 heterocycles. The van der Waals surface area contributed by atoms with E-state index in [9.17, 15) is 0 Å². The van der Waals surface area contributed by atoms with Gasteiger partial charge in [-0.2, -0.15) is 0 Å². The van der Waals surface area contributed by atoms with Gasteiger partial charge in [-0.25, -0.2) is 0 Å². The molecule has 4 heteroatoms. The highest BCUT2D eigenvalue weighted by atomic mass is 79.9. The molecule has 0 radical (unpaired) electrons. The van der Waals surface area contributed by atoms with Crippen LogP contribution in [-0.4, -0.2) is 32.8 Å². The minimum atomic E-state index is 0.751. The Morgan fingerprint density at radius 1 is 1.42 bits per heavy atom. The van der Waals surface area contributed by atoms with Crippen LogP contribution in [0.4, 0.5) is 5.69 Å². The van der Waals surface area contributed by atoms with Gasteiger partial charge in [-0.15, -0.1) is 0 Å². The fourth-order valence-electron chi connectivity index (χ4n) is 2.29. The first kappa shape index (κ1) is 14.8. The smallest absolute Gasteiger partial charge is 0.0587 e. The largest absolute Gasteiger partial charge is 0.383 e. The molecule has 0 aromatic heterocycles. The number of nitrogens with one attached hydrogen (secondary N) is 1. The van der Waals surface area contributed by atoms with Crippen molar-refractivity contribution in [3.63, 3.8) is 0 Å². The SMILES string of the molecule is CCN(c1ccc(CNCCOC)c(Br)c1)C1CC1. The van der Waals surface area contributed by atoms with Gasteiger partial charge in [-0.05, 0) is 37.5 Å². The number of methoxy groups -OCH3 is 1. The van der Waals surface area contributed by atoms with Gasteiger partial charge in [0.15, 0.2) is 0 Å². The molecule has 1 saturated carbocycles. The average molecular weight is 327 g/mol. The van der Waals surface area contributed by atoms with Crippen molar-refractivity contribution in [2.75, 3.05) is 31.7 Å². The zero-order valence-corrected chi connectivity index (χ0v) is 13.4. The van der Waals surface area contributed by atoms with Gasteiger partial charge in [-0.3, -0.25) is 0 Å². The summed E-state index contributed by atoms with van der Waals surface area (Å²) in [6, 6.07) is 7.46. The second-order valence-electron chi connectivity index (χ2n) is 4.96. The molecule has 0 bridgehead atoms. The van der Waals surface area contributed by atoms with Crippen molar-refractivity contribution in [2.24, 2.45) is 0 Å². The normalized spacial score (nSPS) is 14.7. The van der Waals surface area contributed by atoms with Crippen molar-refractivity contribution in [3.8, 4) is 0 Å². The minimum Gasteiger partial charge on any atom is -0.383 e. The van der Waals surface area contributed by atoms with E-state index in [4.69, 9.17) is 4.74 Å². The molecule has 0 saturated heterocycles. The first-order valence-electron chi connectivity index (χ1n) is 7.01. The third kappa shape index (κ3) is 4.20.